The molecule has 4 aliphatic carbocycles. The van der Waals surface area contributed by atoms with Crippen LogP contribution in [-0.4, -0.2) is 11.6 Å². The van der Waals surface area contributed by atoms with E-state index in [0.717, 1.165) is 25.7 Å². The van der Waals surface area contributed by atoms with Crippen LogP contribution in [0.2, 0.25) is 0 Å². The fourth-order valence-electron chi connectivity index (χ4n) is 5.65. The van der Waals surface area contributed by atoms with Gasteiger partial charge in [0.05, 0.1) is 0 Å². The molecule has 116 valence electrons. The normalized spacial score (nSPS) is 46.6. The van der Waals surface area contributed by atoms with Crippen LogP contribution >= 0.6 is 0 Å². The second-order valence-corrected chi connectivity index (χ2v) is 8.14. The lowest BCUT2D eigenvalue weighted by molar-refractivity contribution is -0.129. The molecule has 5 atom stereocenters. The Hall–Kier alpha value is -1.44. The van der Waals surface area contributed by atoms with Crippen LogP contribution in [0.25, 0.3) is 0 Å². The summed E-state index contributed by atoms with van der Waals surface area (Å²) in [6.07, 6.45) is 12.0. The number of carbonyl (C=O) groups excluding carboxylic acids is 2. The van der Waals surface area contributed by atoms with Crippen molar-refractivity contribution < 1.29 is 9.59 Å². The first-order valence-corrected chi connectivity index (χ1v) is 8.55. The Kier molecular flexibility index (Phi) is 2.77. The zero-order valence-electron chi connectivity index (χ0n) is 13.7. The van der Waals surface area contributed by atoms with Crippen molar-refractivity contribution in [3.05, 3.63) is 35.5 Å². The van der Waals surface area contributed by atoms with E-state index in [4.69, 9.17) is 0 Å². The van der Waals surface area contributed by atoms with Crippen LogP contribution in [-0.2, 0) is 9.59 Å². The number of allylic oxidation sites excluding steroid dienone is 6. The third-order valence-corrected chi connectivity index (χ3v) is 6.96. The second-order valence-electron chi connectivity index (χ2n) is 8.14. The molecule has 0 bridgehead atoms. The molecule has 2 heteroatoms. The standard InChI is InChI=1S/C20H24O2/c1-12-10-17-15-5-4-13-11-14(21)6-8-19(13,2)16(15)7-9-20(17,3)18(12)22/h6-8,11-12,15,17H,4-5,9-10H2,1-3H3/t12-,15?,17?,19-,20-/m0/s1. The number of carbonyl (C=O) groups is 2. The molecule has 0 saturated heterocycles. The molecule has 0 radical (unpaired) electrons. The van der Waals surface area contributed by atoms with Gasteiger partial charge in [-0.05, 0) is 56.6 Å². The predicted molar refractivity (Wildman–Crippen MR) is 86.1 cm³/mol. The molecule has 0 aromatic heterocycles. The summed E-state index contributed by atoms with van der Waals surface area (Å²) in [5, 5.41) is 0. The number of ketones is 2. The molecule has 2 nitrogen and oxygen atoms in total. The van der Waals surface area contributed by atoms with Crippen molar-refractivity contribution >= 4 is 11.6 Å². The van der Waals surface area contributed by atoms with Gasteiger partial charge in [-0.1, -0.05) is 37.1 Å². The summed E-state index contributed by atoms with van der Waals surface area (Å²) < 4.78 is 0. The zero-order valence-corrected chi connectivity index (χ0v) is 13.7. The molecule has 2 fully saturated rings. The van der Waals surface area contributed by atoms with Gasteiger partial charge in [-0.25, -0.2) is 0 Å². The van der Waals surface area contributed by atoms with Gasteiger partial charge < -0.3 is 0 Å². The monoisotopic (exact) mass is 296 g/mol. The maximum atomic E-state index is 12.6. The van der Waals surface area contributed by atoms with Crippen LogP contribution in [0.1, 0.15) is 46.5 Å². The van der Waals surface area contributed by atoms with Gasteiger partial charge in [-0.3, -0.25) is 9.59 Å². The third kappa shape index (κ3) is 1.61. The van der Waals surface area contributed by atoms with E-state index in [-0.39, 0.29) is 22.5 Å². The Bertz CT molecular complexity index is 665. The average molecular weight is 296 g/mol. The van der Waals surface area contributed by atoms with E-state index in [0.29, 0.717) is 17.6 Å². The fourth-order valence-corrected chi connectivity index (χ4v) is 5.65. The highest BCUT2D eigenvalue weighted by molar-refractivity contribution is 6.01. The molecular weight excluding hydrogens is 272 g/mol. The fraction of sp³-hybridized carbons (Fsp3) is 0.600. The number of hydrogen-bond acceptors (Lipinski definition) is 2. The van der Waals surface area contributed by atoms with Gasteiger partial charge >= 0.3 is 0 Å². The molecule has 0 spiro atoms. The van der Waals surface area contributed by atoms with Gasteiger partial charge in [0, 0.05) is 16.7 Å². The first-order chi connectivity index (χ1) is 10.4. The first kappa shape index (κ1) is 14.2. The van der Waals surface area contributed by atoms with E-state index in [2.05, 4.69) is 32.9 Å². The minimum Gasteiger partial charge on any atom is -0.299 e. The van der Waals surface area contributed by atoms with Gasteiger partial charge in [-0.15, -0.1) is 0 Å². The van der Waals surface area contributed by atoms with Crippen molar-refractivity contribution in [2.24, 2.45) is 28.6 Å². The minimum absolute atomic E-state index is 0.0902. The molecule has 22 heavy (non-hydrogen) atoms. The summed E-state index contributed by atoms with van der Waals surface area (Å²) in [6.45, 7) is 6.54. The van der Waals surface area contributed by atoms with Gasteiger partial charge in [0.25, 0.3) is 0 Å². The van der Waals surface area contributed by atoms with Crippen LogP contribution in [0.15, 0.2) is 35.5 Å². The summed E-state index contributed by atoms with van der Waals surface area (Å²) in [7, 11) is 0. The van der Waals surface area contributed by atoms with Gasteiger partial charge in [-0.2, -0.15) is 0 Å². The van der Waals surface area contributed by atoms with Crippen LogP contribution < -0.4 is 0 Å². The van der Waals surface area contributed by atoms with Crippen LogP contribution in [0.4, 0.5) is 0 Å². The van der Waals surface area contributed by atoms with Crippen molar-refractivity contribution in [1.82, 2.24) is 0 Å². The predicted octanol–water partition coefficient (Wildman–Crippen LogP) is 4.03. The van der Waals surface area contributed by atoms with Gasteiger partial charge in [0.2, 0.25) is 0 Å². The van der Waals surface area contributed by atoms with Crippen molar-refractivity contribution in [1.29, 1.82) is 0 Å². The van der Waals surface area contributed by atoms with E-state index in [1.54, 1.807) is 6.08 Å². The lowest BCUT2D eigenvalue weighted by Crippen LogP contribution is -2.43. The summed E-state index contributed by atoms with van der Waals surface area (Å²) >= 11 is 0. The van der Waals surface area contributed by atoms with E-state index in [1.807, 2.05) is 6.08 Å². The molecule has 0 amide bonds. The van der Waals surface area contributed by atoms with E-state index < -0.39 is 0 Å². The summed E-state index contributed by atoms with van der Waals surface area (Å²) in [5.74, 6) is 1.79. The molecular formula is C20H24O2. The van der Waals surface area contributed by atoms with E-state index in [1.165, 1.54) is 11.1 Å². The molecule has 2 unspecified atom stereocenters. The van der Waals surface area contributed by atoms with Gasteiger partial charge in [0.1, 0.15) is 5.78 Å². The van der Waals surface area contributed by atoms with Crippen molar-refractivity contribution in [3.63, 3.8) is 0 Å². The van der Waals surface area contributed by atoms with Crippen LogP contribution in [0.5, 0.6) is 0 Å². The van der Waals surface area contributed by atoms with Crippen LogP contribution in [0.3, 0.4) is 0 Å². The lowest BCUT2D eigenvalue weighted by Gasteiger charge is -2.50. The molecule has 0 heterocycles. The topological polar surface area (TPSA) is 34.1 Å². The van der Waals surface area contributed by atoms with E-state index in [9.17, 15) is 9.59 Å². The summed E-state index contributed by atoms with van der Waals surface area (Å²) in [5.41, 5.74) is 2.49. The van der Waals surface area contributed by atoms with Gasteiger partial charge in [0.15, 0.2) is 5.78 Å². The van der Waals surface area contributed by atoms with Crippen molar-refractivity contribution in [2.75, 3.05) is 0 Å². The Labute approximate surface area is 132 Å². The summed E-state index contributed by atoms with van der Waals surface area (Å²) in [4.78, 5) is 24.4. The molecule has 0 aliphatic heterocycles. The number of hydrogen-bond donors (Lipinski definition) is 0. The van der Waals surface area contributed by atoms with E-state index >= 15 is 0 Å². The molecule has 0 N–H and O–H groups in total. The zero-order chi connectivity index (χ0) is 15.7. The highest BCUT2D eigenvalue weighted by atomic mass is 16.1. The Balaban J connectivity index is 1.79. The number of rotatable bonds is 0. The second kappa shape index (κ2) is 4.31. The SMILES string of the molecule is C[C@H]1CC2C3CCC4=CC(=O)C=C[C@]4(C)C3=CC[C@]2(C)C1=O. The number of Topliss-reactive ketones (excluding diaryl/α,β-unsaturated/α-hetero) is 1. The maximum Gasteiger partial charge on any atom is 0.178 e. The summed E-state index contributed by atoms with van der Waals surface area (Å²) in [6, 6.07) is 0. The number of fused-ring (bicyclic) bond motifs is 5. The lowest BCUT2D eigenvalue weighted by atomic mass is 9.53. The molecule has 0 aromatic carbocycles. The third-order valence-electron chi connectivity index (χ3n) is 6.96. The van der Waals surface area contributed by atoms with Crippen LogP contribution in [0, 0.1) is 28.6 Å². The Morgan fingerprint density at radius 3 is 2.77 bits per heavy atom. The average Bonchev–Trinajstić information content (AvgIpc) is 2.72. The first-order valence-electron chi connectivity index (χ1n) is 8.55. The molecule has 4 rings (SSSR count). The molecule has 4 aliphatic rings. The van der Waals surface area contributed by atoms with Crippen molar-refractivity contribution in [3.8, 4) is 0 Å². The minimum atomic E-state index is -0.153. The Morgan fingerprint density at radius 1 is 1.23 bits per heavy atom. The Morgan fingerprint density at radius 2 is 2.00 bits per heavy atom. The molecule has 0 aromatic rings. The molecule has 2 saturated carbocycles. The highest BCUT2D eigenvalue weighted by Gasteiger charge is 2.57. The largest absolute Gasteiger partial charge is 0.299 e. The van der Waals surface area contributed by atoms with Crippen molar-refractivity contribution in [2.45, 2.75) is 46.5 Å². The highest BCUT2D eigenvalue weighted by Crippen LogP contribution is 2.61. The quantitative estimate of drug-likeness (QED) is 0.632. The smallest absolute Gasteiger partial charge is 0.178 e. The maximum absolute atomic E-state index is 12.6.